The van der Waals surface area contributed by atoms with Crippen molar-refractivity contribution in [2.24, 2.45) is 28.6 Å². The molecule has 160 valence electrons. The van der Waals surface area contributed by atoms with Gasteiger partial charge in [-0.1, -0.05) is 27.7 Å². The Bertz CT molecular complexity index is 759. The fourth-order valence-corrected chi connectivity index (χ4v) is 9.09. The van der Waals surface area contributed by atoms with Crippen LogP contribution in [0.2, 0.25) is 0 Å². The number of aliphatic hydroxyl groups is 5. The maximum Gasteiger partial charge on any atom is 0.178 e. The molecular weight excluding hydrogens is 364 g/mol. The number of hydrogen-bond donors (Lipinski definition) is 5. The molecule has 0 amide bonds. The summed E-state index contributed by atoms with van der Waals surface area (Å²) >= 11 is 0. The second kappa shape index (κ2) is 4.64. The molecule has 4 aliphatic carbocycles. The van der Waals surface area contributed by atoms with Crippen LogP contribution in [0.5, 0.6) is 0 Å². The summed E-state index contributed by atoms with van der Waals surface area (Å²) in [6, 6.07) is 0. The third kappa shape index (κ3) is 1.26. The van der Waals surface area contributed by atoms with Crippen LogP contribution in [-0.2, 0) is 9.47 Å². The van der Waals surface area contributed by atoms with Gasteiger partial charge >= 0.3 is 0 Å². The van der Waals surface area contributed by atoms with Crippen LogP contribution >= 0.6 is 0 Å². The van der Waals surface area contributed by atoms with Crippen molar-refractivity contribution < 1.29 is 35.0 Å². The van der Waals surface area contributed by atoms with E-state index in [9.17, 15) is 25.5 Å². The lowest BCUT2D eigenvalue weighted by molar-refractivity contribution is -0.385. The Morgan fingerprint density at radius 1 is 1.11 bits per heavy atom. The van der Waals surface area contributed by atoms with Crippen molar-refractivity contribution in [2.75, 3.05) is 7.11 Å². The normalized spacial score (nSPS) is 69.4. The van der Waals surface area contributed by atoms with Crippen molar-refractivity contribution in [3.63, 3.8) is 0 Å². The van der Waals surface area contributed by atoms with Gasteiger partial charge in [0.2, 0.25) is 0 Å². The quantitative estimate of drug-likeness (QED) is 0.449. The van der Waals surface area contributed by atoms with Gasteiger partial charge in [0.25, 0.3) is 0 Å². The van der Waals surface area contributed by atoms with Crippen molar-refractivity contribution >= 4 is 0 Å². The smallest absolute Gasteiger partial charge is 0.178 e. The molecule has 6 aliphatic rings. The van der Waals surface area contributed by atoms with E-state index in [2.05, 4.69) is 0 Å². The van der Waals surface area contributed by atoms with Gasteiger partial charge in [0.1, 0.15) is 16.8 Å². The van der Waals surface area contributed by atoms with E-state index in [4.69, 9.17) is 9.47 Å². The Labute approximate surface area is 165 Å². The molecule has 0 aromatic heterocycles. The minimum atomic E-state index is -1.90. The highest BCUT2D eigenvalue weighted by atomic mass is 16.7. The monoisotopic (exact) mass is 398 g/mol. The molecule has 2 aliphatic heterocycles. The lowest BCUT2D eigenvalue weighted by Gasteiger charge is -2.60. The van der Waals surface area contributed by atoms with Crippen molar-refractivity contribution in [1.82, 2.24) is 0 Å². The number of rotatable bonds is 2. The first-order valence-electron chi connectivity index (χ1n) is 10.5. The number of hydrogen-bond acceptors (Lipinski definition) is 7. The van der Waals surface area contributed by atoms with E-state index in [1.54, 1.807) is 6.92 Å². The Balaban J connectivity index is 1.92. The number of methoxy groups -OCH3 is 1. The van der Waals surface area contributed by atoms with Crippen molar-refractivity contribution in [3.05, 3.63) is 0 Å². The molecule has 5 N–H and O–H groups in total. The van der Waals surface area contributed by atoms with Crippen LogP contribution < -0.4 is 0 Å². The predicted molar refractivity (Wildman–Crippen MR) is 98.0 cm³/mol. The third-order valence-electron chi connectivity index (χ3n) is 10.3. The van der Waals surface area contributed by atoms with Gasteiger partial charge in [0.15, 0.2) is 11.4 Å². The zero-order valence-corrected chi connectivity index (χ0v) is 17.6. The molecule has 4 saturated carbocycles. The van der Waals surface area contributed by atoms with Crippen molar-refractivity contribution in [1.29, 1.82) is 0 Å². The first kappa shape index (κ1) is 19.7. The second-order valence-corrected chi connectivity index (χ2v) is 11.0. The molecule has 1 spiro atoms. The van der Waals surface area contributed by atoms with Gasteiger partial charge in [0.05, 0.1) is 17.6 Å². The van der Waals surface area contributed by atoms with Gasteiger partial charge in [-0.3, -0.25) is 0 Å². The van der Waals surface area contributed by atoms with Crippen LogP contribution in [0.25, 0.3) is 0 Å². The lowest BCUT2D eigenvalue weighted by atomic mass is 9.54. The van der Waals surface area contributed by atoms with Crippen LogP contribution in [-0.4, -0.2) is 73.0 Å². The van der Waals surface area contributed by atoms with Crippen LogP contribution in [0.15, 0.2) is 0 Å². The fourth-order valence-electron chi connectivity index (χ4n) is 9.09. The van der Waals surface area contributed by atoms with Crippen LogP contribution in [0.1, 0.15) is 53.9 Å². The van der Waals surface area contributed by atoms with Crippen LogP contribution in [0, 0.1) is 28.6 Å². The summed E-state index contributed by atoms with van der Waals surface area (Å²) in [4.78, 5) is 0. The van der Waals surface area contributed by atoms with Gasteiger partial charge in [-0.25, -0.2) is 0 Å². The van der Waals surface area contributed by atoms with Gasteiger partial charge in [-0.2, -0.15) is 0 Å². The summed E-state index contributed by atoms with van der Waals surface area (Å²) in [7, 11) is 1.50. The highest BCUT2D eigenvalue weighted by Crippen LogP contribution is 2.89. The van der Waals surface area contributed by atoms with Gasteiger partial charge in [-0.15, -0.1) is 0 Å². The molecule has 6 fully saturated rings. The van der Waals surface area contributed by atoms with Crippen LogP contribution in [0.3, 0.4) is 0 Å². The average Bonchev–Trinajstić information content (AvgIpc) is 2.87. The minimum absolute atomic E-state index is 0.0672. The molecule has 7 nitrogen and oxygen atoms in total. The van der Waals surface area contributed by atoms with E-state index < -0.39 is 57.1 Å². The van der Waals surface area contributed by atoms with E-state index in [0.717, 1.165) is 0 Å². The van der Waals surface area contributed by atoms with E-state index in [0.29, 0.717) is 12.8 Å². The highest BCUT2D eigenvalue weighted by molar-refractivity contribution is 5.51. The van der Waals surface area contributed by atoms with Gasteiger partial charge in [-0.05, 0) is 31.6 Å². The number of aliphatic hydroxyl groups excluding tert-OH is 1. The van der Waals surface area contributed by atoms with E-state index in [1.165, 1.54) is 7.11 Å². The van der Waals surface area contributed by atoms with Gasteiger partial charge in [0, 0.05) is 24.9 Å². The summed E-state index contributed by atoms with van der Waals surface area (Å²) in [5, 5.41) is 59.8. The third-order valence-corrected chi connectivity index (χ3v) is 10.3. The molecule has 0 aromatic carbocycles. The first-order valence-corrected chi connectivity index (χ1v) is 10.5. The zero-order valence-electron chi connectivity index (χ0n) is 17.6. The van der Waals surface area contributed by atoms with Crippen molar-refractivity contribution in [2.45, 2.75) is 94.3 Å². The summed E-state index contributed by atoms with van der Waals surface area (Å²) in [6.07, 6.45) is -0.996. The maximum atomic E-state index is 12.5. The largest absolute Gasteiger partial charge is 0.390 e. The first-order chi connectivity index (χ1) is 12.7. The molecule has 2 saturated heterocycles. The fraction of sp³-hybridized carbons (Fsp3) is 1.00. The SMILES string of the molecule is COC1C2C3(C)CC4(O)OC5(C(O)C(C)CCC35O)C2(O)C4(C)C1(O)C(C)C. The summed E-state index contributed by atoms with van der Waals surface area (Å²) in [5.74, 6) is -3.19. The van der Waals surface area contributed by atoms with E-state index >= 15 is 0 Å². The second-order valence-electron chi connectivity index (χ2n) is 11.0. The summed E-state index contributed by atoms with van der Waals surface area (Å²) in [6.45, 7) is 9.02. The topological polar surface area (TPSA) is 120 Å². The molecule has 28 heavy (non-hydrogen) atoms. The Morgan fingerprint density at radius 2 is 1.71 bits per heavy atom. The van der Waals surface area contributed by atoms with Crippen LogP contribution in [0.4, 0.5) is 0 Å². The Kier molecular flexibility index (Phi) is 3.26. The van der Waals surface area contributed by atoms with E-state index in [1.807, 2.05) is 27.7 Å². The molecule has 7 heteroatoms. The molecule has 0 radical (unpaired) electrons. The summed E-state index contributed by atoms with van der Waals surface area (Å²) < 4.78 is 12.1. The molecule has 2 heterocycles. The lowest BCUT2D eigenvalue weighted by Crippen LogP contribution is -2.75. The van der Waals surface area contributed by atoms with Crippen molar-refractivity contribution in [3.8, 4) is 0 Å². The van der Waals surface area contributed by atoms with Gasteiger partial charge < -0.3 is 35.0 Å². The Morgan fingerprint density at radius 3 is 2.25 bits per heavy atom. The van der Waals surface area contributed by atoms with E-state index in [-0.39, 0.29) is 18.3 Å². The minimum Gasteiger partial charge on any atom is -0.390 e. The number of ether oxygens (including phenoxy) is 2. The highest BCUT2D eigenvalue weighted by Gasteiger charge is 3.05. The maximum absolute atomic E-state index is 12.5. The molecule has 11 atom stereocenters. The molecule has 6 bridgehead atoms. The molecular formula is C21H34O7. The molecule has 11 unspecified atom stereocenters. The molecule has 6 rings (SSSR count). The summed E-state index contributed by atoms with van der Waals surface area (Å²) in [5.41, 5.74) is -9.33. The molecule has 0 aromatic rings. The predicted octanol–water partition coefficient (Wildman–Crippen LogP) is 0.159. The Hall–Kier alpha value is -0.280. The zero-order chi connectivity index (χ0) is 20.9. The average molecular weight is 398 g/mol. The standard InChI is InChI=1S/C21H34O7/c1-10(2)19(25)14(27-6)12-15(4)9-18(24)16(19,5)20(12,26)21(28-18)13(22)11(3)7-8-17(15,21)23/h10-14,22-26H,7-9H2,1-6H3.